The second-order valence-electron chi connectivity index (χ2n) is 5.04. The minimum atomic E-state index is 0.103. The van der Waals surface area contributed by atoms with Gasteiger partial charge in [-0.05, 0) is 48.4 Å². The van der Waals surface area contributed by atoms with Gasteiger partial charge in [-0.1, -0.05) is 0 Å². The highest BCUT2D eigenvalue weighted by molar-refractivity contribution is 5.62. The number of nitrogens with one attached hydrogen (secondary N) is 1. The van der Waals surface area contributed by atoms with Crippen LogP contribution < -0.4 is 27.3 Å². The lowest BCUT2D eigenvalue weighted by atomic mass is 10.1. The van der Waals surface area contributed by atoms with Crippen molar-refractivity contribution in [2.45, 2.75) is 6.42 Å². The standard InChI is InChI=1S/C9H14N2O2.C8H12N2O/c1-13-9-3-2-7(6-8(9)10)11-4-5-12;9-7-1-2-8(10)6(5-7)3-4-11/h2-3,6,11-12H,4-5,10H2,1H3;1-2,5,11H,3-4,9-10H2. The zero-order chi connectivity index (χ0) is 17.9. The summed E-state index contributed by atoms with van der Waals surface area (Å²) in [6, 6.07) is 10.7. The highest BCUT2D eigenvalue weighted by atomic mass is 16.5. The van der Waals surface area contributed by atoms with E-state index in [9.17, 15) is 0 Å². The molecule has 0 radical (unpaired) electrons. The van der Waals surface area contributed by atoms with Crippen LogP contribution in [-0.2, 0) is 6.42 Å². The van der Waals surface area contributed by atoms with Crippen molar-refractivity contribution < 1.29 is 14.9 Å². The van der Waals surface area contributed by atoms with E-state index in [1.54, 1.807) is 37.4 Å². The summed E-state index contributed by atoms with van der Waals surface area (Å²) < 4.78 is 5.00. The first-order chi connectivity index (χ1) is 11.5. The Morgan fingerprint density at radius 3 is 2.29 bits per heavy atom. The molecule has 0 aliphatic rings. The Labute approximate surface area is 142 Å². The van der Waals surface area contributed by atoms with Gasteiger partial charge in [-0.2, -0.15) is 0 Å². The normalized spacial score (nSPS) is 9.79. The number of methoxy groups -OCH3 is 1. The molecule has 0 unspecified atom stereocenters. The first kappa shape index (κ1) is 19.4. The molecule has 24 heavy (non-hydrogen) atoms. The molecule has 0 saturated heterocycles. The summed E-state index contributed by atoms with van der Waals surface area (Å²) in [5.41, 5.74) is 20.6. The van der Waals surface area contributed by atoms with E-state index in [2.05, 4.69) is 5.32 Å². The third kappa shape index (κ3) is 6.23. The number of hydrogen-bond acceptors (Lipinski definition) is 7. The fourth-order valence-electron chi connectivity index (χ4n) is 2.01. The maximum atomic E-state index is 8.64. The molecule has 0 saturated carbocycles. The van der Waals surface area contributed by atoms with Crippen molar-refractivity contribution in [3.8, 4) is 5.75 Å². The van der Waals surface area contributed by atoms with Gasteiger partial charge >= 0.3 is 0 Å². The molecule has 0 atom stereocenters. The van der Waals surface area contributed by atoms with E-state index in [1.165, 1.54) is 0 Å². The van der Waals surface area contributed by atoms with Crippen LogP contribution in [0.25, 0.3) is 0 Å². The highest BCUT2D eigenvalue weighted by Gasteiger charge is 1.99. The molecular formula is C17H26N4O3. The lowest BCUT2D eigenvalue weighted by Gasteiger charge is -2.08. The van der Waals surface area contributed by atoms with Gasteiger partial charge in [0.2, 0.25) is 0 Å². The van der Waals surface area contributed by atoms with Crippen LogP contribution in [0.5, 0.6) is 5.75 Å². The van der Waals surface area contributed by atoms with Crippen molar-refractivity contribution in [1.82, 2.24) is 0 Å². The van der Waals surface area contributed by atoms with Crippen LogP contribution in [0.15, 0.2) is 36.4 Å². The third-order valence-corrected chi connectivity index (χ3v) is 3.22. The van der Waals surface area contributed by atoms with E-state index in [0.717, 1.165) is 11.3 Å². The van der Waals surface area contributed by atoms with E-state index in [4.69, 9.17) is 32.2 Å². The second kappa shape index (κ2) is 10.2. The van der Waals surface area contributed by atoms with Gasteiger partial charge in [-0.15, -0.1) is 0 Å². The molecule has 0 fully saturated rings. The van der Waals surface area contributed by atoms with Gasteiger partial charge in [0.05, 0.1) is 19.4 Å². The summed E-state index contributed by atoms with van der Waals surface area (Å²) in [4.78, 5) is 0. The topological polar surface area (TPSA) is 140 Å². The zero-order valence-corrected chi connectivity index (χ0v) is 13.8. The van der Waals surface area contributed by atoms with Crippen molar-refractivity contribution in [1.29, 1.82) is 0 Å². The monoisotopic (exact) mass is 334 g/mol. The van der Waals surface area contributed by atoms with Crippen molar-refractivity contribution in [2.75, 3.05) is 49.4 Å². The second-order valence-corrected chi connectivity index (χ2v) is 5.04. The van der Waals surface area contributed by atoms with Gasteiger partial charge in [-0.25, -0.2) is 0 Å². The molecule has 2 aromatic carbocycles. The molecule has 9 N–H and O–H groups in total. The first-order valence-corrected chi connectivity index (χ1v) is 7.54. The smallest absolute Gasteiger partial charge is 0.141 e. The quantitative estimate of drug-likeness (QED) is 0.434. The molecule has 0 bridgehead atoms. The van der Waals surface area contributed by atoms with Crippen LogP contribution in [0, 0.1) is 0 Å². The Morgan fingerprint density at radius 1 is 0.958 bits per heavy atom. The number of ether oxygens (including phenoxy) is 1. The van der Waals surface area contributed by atoms with E-state index in [0.29, 0.717) is 35.8 Å². The predicted molar refractivity (Wildman–Crippen MR) is 99.0 cm³/mol. The average molecular weight is 334 g/mol. The van der Waals surface area contributed by atoms with Crippen LogP contribution >= 0.6 is 0 Å². The number of benzene rings is 2. The van der Waals surface area contributed by atoms with Crippen molar-refractivity contribution in [3.05, 3.63) is 42.0 Å². The molecule has 132 valence electrons. The number of rotatable bonds is 6. The minimum absolute atomic E-state index is 0.103. The molecule has 2 aromatic rings. The van der Waals surface area contributed by atoms with Crippen molar-refractivity contribution >= 4 is 22.7 Å². The van der Waals surface area contributed by atoms with Gasteiger partial charge in [0, 0.05) is 30.2 Å². The Morgan fingerprint density at radius 2 is 1.71 bits per heavy atom. The van der Waals surface area contributed by atoms with Crippen LogP contribution in [0.3, 0.4) is 0 Å². The first-order valence-electron chi connectivity index (χ1n) is 7.54. The number of nitrogens with two attached hydrogens (primary N) is 3. The summed E-state index contributed by atoms with van der Waals surface area (Å²) in [6.07, 6.45) is 0.566. The maximum Gasteiger partial charge on any atom is 0.141 e. The van der Waals surface area contributed by atoms with Gasteiger partial charge in [0.15, 0.2) is 0 Å². The van der Waals surface area contributed by atoms with E-state index < -0.39 is 0 Å². The van der Waals surface area contributed by atoms with E-state index >= 15 is 0 Å². The zero-order valence-electron chi connectivity index (χ0n) is 13.8. The van der Waals surface area contributed by atoms with Crippen molar-refractivity contribution in [3.63, 3.8) is 0 Å². The fourth-order valence-corrected chi connectivity index (χ4v) is 2.01. The molecule has 2 rings (SSSR count). The Hall–Kier alpha value is -2.64. The van der Waals surface area contributed by atoms with Crippen LogP contribution in [0.4, 0.5) is 22.7 Å². The van der Waals surface area contributed by atoms with Crippen molar-refractivity contribution in [2.24, 2.45) is 0 Å². The highest BCUT2D eigenvalue weighted by Crippen LogP contribution is 2.24. The Balaban J connectivity index is 0.000000243. The number of aliphatic hydroxyl groups is 2. The van der Waals surface area contributed by atoms with Gasteiger partial charge in [0.25, 0.3) is 0 Å². The largest absolute Gasteiger partial charge is 0.495 e. The molecule has 0 aliphatic heterocycles. The molecule has 7 heteroatoms. The number of nitrogen functional groups attached to an aromatic ring is 3. The molecule has 0 aliphatic carbocycles. The Bertz CT molecular complexity index is 635. The lowest BCUT2D eigenvalue weighted by molar-refractivity contribution is 0.300. The molecule has 0 heterocycles. The fraction of sp³-hybridized carbons (Fsp3) is 0.294. The summed E-state index contributed by atoms with van der Waals surface area (Å²) in [7, 11) is 1.58. The number of hydrogen-bond donors (Lipinski definition) is 6. The van der Waals surface area contributed by atoms with Crippen LogP contribution in [0.2, 0.25) is 0 Å². The number of anilines is 4. The molecule has 0 spiro atoms. The van der Waals surface area contributed by atoms with E-state index in [1.807, 2.05) is 6.07 Å². The summed E-state index contributed by atoms with van der Waals surface area (Å²) >= 11 is 0. The predicted octanol–water partition coefficient (Wildman–Crippen LogP) is 1.07. The molecule has 0 amide bonds. The SMILES string of the molecule is COc1ccc(NCCO)cc1N.Nc1ccc(N)c(CCO)c1. The summed E-state index contributed by atoms with van der Waals surface area (Å²) in [6.45, 7) is 0.728. The average Bonchev–Trinajstić information content (AvgIpc) is 2.57. The van der Waals surface area contributed by atoms with Crippen LogP contribution in [-0.4, -0.2) is 37.1 Å². The Kier molecular flexibility index (Phi) is 8.24. The van der Waals surface area contributed by atoms with Gasteiger partial charge < -0.3 is 37.5 Å². The van der Waals surface area contributed by atoms with Gasteiger partial charge in [-0.3, -0.25) is 0 Å². The molecule has 0 aromatic heterocycles. The molecular weight excluding hydrogens is 308 g/mol. The minimum Gasteiger partial charge on any atom is -0.495 e. The van der Waals surface area contributed by atoms with Crippen LogP contribution in [0.1, 0.15) is 5.56 Å². The maximum absolute atomic E-state index is 8.64. The summed E-state index contributed by atoms with van der Waals surface area (Å²) in [5, 5.41) is 20.2. The number of aliphatic hydroxyl groups excluding tert-OH is 2. The van der Waals surface area contributed by atoms with E-state index in [-0.39, 0.29) is 13.2 Å². The third-order valence-electron chi connectivity index (χ3n) is 3.22. The summed E-state index contributed by atoms with van der Waals surface area (Å²) in [5.74, 6) is 0.662. The lowest BCUT2D eigenvalue weighted by Crippen LogP contribution is -2.05. The van der Waals surface area contributed by atoms with Gasteiger partial charge in [0.1, 0.15) is 5.75 Å². The molecule has 7 nitrogen and oxygen atoms in total.